The van der Waals surface area contributed by atoms with E-state index in [-0.39, 0.29) is 35.7 Å². The minimum absolute atomic E-state index is 0.0137. The summed E-state index contributed by atoms with van der Waals surface area (Å²) in [5, 5.41) is 11.6. The van der Waals surface area contributed by atoms with Crippen molar-refractivity contribution in [3.63, 3.8) is 0 Å². The fraction of sp³-hybridized carbons (Fsp3) is 0.714. The van der Waals surface area contributed by atoms with Gasteiger partial charge in [-0.25, -0.2) is 9.59 Å². The summed E-state index contributed by atoms with van der Waals surface area (Å²) in [7, 11) is 1.38. The first-order valence-corrected chi connectivity index (χ1v) is 8.22. The van der Waals surface area contributed by atoms with Crippen LogP contribution in [-0.4, -0.2) is 64.1 Å². The van der Waals surface area contributed by atoms with Gasteiger partial charge in [-0.1, -0.05) is 18.7 Å². The molecule has 130 valence electrons. The first kappa shape index (κ1) is 19.3. The molecule has 8 nitrogen and oxygen atoms in total. The number of alkyl carbamates (subject to hydrolysis) is 1. The molecular weight excluding hydrogens is 324 g/mol. The SMILES string of the molecule is CNC(=O)O[C@@H]1CCN(C(=O)CCC(C)SC(C)=O)[C@@H]1C(=O)O. The molecule has 3 atom stereocenters. The van der Waals surface area contributed by atoms with E-state index < -0.39 is 24.2 Å². The Kier molecular flexibility index (Phi) is 7.34. The Labute approximate surface area is 138 Å². The van der Waals surface area contributed by atoms with Gasteiger partial charge in [0.1, 0.15) is 6.10 Å². The summed E-state index contributed by atoms with van der Waals surface area (Å²) in [6.07, 6.45) is -0.666. The summed E-state index contributed by atoms with van der Waals surface area (Å²) in [5.74, 6) is -1.51. The standard InChI is InChI=1S/C14H22N2O6S/c1-8(23-9(2)17)4-5-11(18)16-7-6-10(12(16)13(19)20)22-14(21)15-3/h8,10,12H,4-7H2,1-3H3,(H,15,21)(H,19,20)/t8?,10-,12+/m1/s1. The molecule has 1 heterocycles. The lowest BCUT2D eigenvalue weighted by Crippen LogP contribution is -2.47. The van der Waals surface area contributed by atoms with Gasteiger partial charge in [0, 0.05) is 38.6 Å². The Bertz CT molecular complexity index is 484. The molecule has 2 N–H and O–H groups in total. The summed E-state index contributed by atoms with van der Waals surface area (Å²) in [6, 6.07) is -1.17. The molecule has 0 bridgehead atoms. The number of likely N-dealkylation sites (tertiary alicyclic amines) is 1. The van der Waals surface area contributed by atoms with Gasteiger partial charge in [-0.3, -0.25) is 9.59 Å². The van der Waals surface area contributed by atoms with E-state index in [4.69, 9.17) is 4.74 Å². The largest absolute Gasteiger partial charge is 0.480 e. The second kappa shape index (κ2) is 8.76. The van der Waals surface area contributed by atoms with Crippen LogP contribution in [0.3, 0.4) is 0 Å². The fourth-order valence-electron chi connectivity index (χ4n) is 2.47. The molecule has 0 aromatic heterocycles. The minimum atomic E-state index is -1.20. The molecule has 0 aromatic rings. The van der Waals surface area contributed by atoms with Crippen molar-refractivity contribution in [2.45, 2.75) is 50.5 Å². The number of ether oxygens (including phenoxy) is 1. The molecular formula is C14H22N2O6S. The minimum Gasteiger partial charge on any atom is -0.480 e. The maximum atomic E-state index is 12.3. The molecule has 0 aromatic carbocycles. The van der Waals surface area contributed by atoms with Gasteiger partial charge in [0.15, 0.2) is 11.2 Å². The van der Waals surface area contributed by atoms with Gasteiger partial charge < -0.3 is 20.1 Å². The number of thioether (sulfide) groups is 1. The van der Waals surface area contributed by atoms with Crippen molar-refractivity contribution < 1.29 is 29.0 Å². The van der Waals surface area contributed by atoms with Crippen LogP contribution in [0.2, 0.25) is 0 Å². The van der Waals surface area contributed by atoms with Gasteiger partial charge in [-0.05, 0) is 6.42 Å². The van der Waals surface area contributed by atoms with E-state index in [0.29, 0.717) is 6.42 Å². The van der Waals surface area contributed by atoms with Crippen LogP contribution in [0.15, 0.2) is 0 Å². The highest BCUT2D eigenvalue weighted by Gasteiger charge is 2.44. The smallest absolute Gasteiger partial charge is 0.407 e. The van der Waals surface area contributed by atoms with Gasteiger partial charge in [0.05, 0.1) is 0 Å². The van der Waals surface area contributed by atoms with Crippen LogP contribution in [0.1, 0.15) is 33.1 Å². The van der Waals surface area contributed by atoms with Crippen LogP contribution in [0.25, 0.3) is 0 Å². The summed E-state index contributed by atoms with van der Waals surface area (Å²) >= 11 is 1.15. The molecule has 1 aliphatic rings. The Hall–Kier alpha value is -1.77. The number of amides is 2. The zero-order valence-corrected chi connectivity index (χ0v) is 14.2. The molecule has 0 spiro atoms. The maximum Gasteiger partial charge on any atom is 0.407 e. The van der Waals surface area contributed by atoms with Crippen molar-refractivity contribution in [3.05, 3.63) is 0 Å². The second-order valence-corrected chi connectivity index (χ2v) is 6.93. The van der Waals surface area contributed by atoms with Gasteiger partial charge in [-0.15, -0.1) is 0 Å². The first-order chi connectivity index (χ1) is 10.8. The third-order valence-electron chi connectivity index (χ3n) is 3.51. The van der Waals surface area contributed by atoms with E-state index in [0.717, 1.165) is 11.8 Å². The zero-order chi connectivity index (χ0) is 17.6. The van der Waals surface area contributed by atoms with Gasteiger partial charge in [0.25, 0.3) is 0 Å². The van der Waals surface area contributed by atoms with E-state index in [1.54, 1.807) is 0 Å². The molecule has 9 heteroatoms. The Balaban J connectivity index is 2.63. The van der Waals surface area contributed by atoms with Crippen molar-refractivity contribution >= 4 is 34.8 Å². The highest BCUT2D eigenvalue weighted by molar-refractivity contribution is 8.14. The van der Waals surface area contributed by atoms with Crippen LogP contribution >= 0.6 is 11.8 Å². The number of nitrogens with zero attached hydrogens (tertiary/aromatic N) is 1. The average Bonchev–Trinajstić information content (AvgIpc) is 2.87. The molecule has 1 rings (SSSR count). The Morgan fingerprint density at radius 1 is 1.39 bits per heavy atom. The lowest BCUT2D eigenvalue weighted by molar-refractivity contribution is -0.151. The second-order valence-electron chi connectivity index (χ2n) is 5.31. The molecule has 2 amide bonds. The number of carboxylic acids is 1. The van der Waals surface area contributed by atoms with Crippen LogP contribution in [0.4, 0.5) is 4.79 Å². The predicted molar refractivity (Wildman–Crippen MR) is 84.1 cm³/mol. The molecule has 1 saturated heterocycles. The normalized spacial score (nSPS) is 21.6. The predicted octanol–water partition coefficient (Wildman–Crippen LogP) is 0.845. The van der Waals surface area contributed by atoms with Gasteiger partial charge in [0.2, 0.25) is 5.91 Å². The summed E-state index contributed by atoms with van der Waals surface area (Å²) in [4.78, 5) is 47.2. The lowest BCUT2D eigenvalue weighted by atomic mass is 10.1. The van der Waals surface area contributed by atoms with E-state index in [2.05, 4.69) is 5.32 Å². The van der Waals surface area contributed by atoms with Crippen molar-refractivity contribution in [1.82, 2.24) is 10.2 Å². The van der Waals surface area contributed by atoms with E-state index >= 15 is 0 Å². The monoisotopic (exact) mass is 346 g/mol. The average molecular weight is 346 g/mol. The summed E-state index contributed by atoms with van der Waals surface area (Å²) in [5.41, 5.74) is 0. The van der Waals surface area contributed by atoms with Crippen LogP contribution in [0, 0.1) is 0 Å². The molecule has 1 unspecified atom stereocenters. The van der Waals surface area contributed by atoms with Crippen molar-refractivity contribution in [3.8, 4) is 0 Å². The fourth-order valence-corrected chi connectivity index (χ4v) is 3.27. The van der Waals surface area contributed by atoms with Crippen LogP contribution < -0.4 is 5.32 Å². The van der Waals surface area contributed by atoms with Crippen molar-refractivity contribution in [1.29, 1.82) is 0 Å². The molecule has 0 aliphatic carbocycles. The molecule has 0 radical (unpaired) electrons. The third-order valence-corrected chi connectivity index (χ3v) is 4.48. The Morgan fingerprint density at radius 3 is 2.57 bits per heavy atom. The van der Waals surface area contributed by atoms with Crippen LogP contribution in [-0.2, 0) is 19.1 Å². The maximum absolute atomic E-state index is 12.3. The Morgan fingerprint density at radius 2 is 2.04 bits per heavy atom. The number of carbonyl (C=O) groups excluding carboxylic acids is 3. The molecule has 23 heavy (non-hydrogen) atoms. The first-order valence-electron chi connectivity index (χ1n) is 7.34. The van der Waals surface area contributed by atoms with E-state index in [1.807, 2.05) is 6.92 Å². The topological polar surface area (TPSA) is 113 Å². The van der Waals surface area contributed by atoms with Gasteiger partial charge in [-0.2, -0.15) is 0 Å². The van der Waals surface area contributed by atoms with Crippen molar-refractivity contribution in [2.75, 3.05) is 13.6 Å². The van der Waals surface area contributed by atoms with Gasteiger partial charge >= 0.3 is 12.1 Å². The molecule has 0 saturated carbocycles. The third kappa shape index (κ3) is 5.74. The van der Waals surface area contributed by atoms with E-state index in [1.165, 1.54) is 18.9 Å². The number of hydrogen-bond donors (Lipinski definition) is 2. The summed E-state index contributed by atoms with van der Waals surface area (Å²) < 4.78 is 5.02. The number of nitrogens with one attached hydrogen (secondary N) is 1. The van der Waals surface area contributed by atoms with E-state index in [9.17, 15) is 24.3 Å². The lowest BCUT2D eigenvalue weighted by Gasteiger charge is -2.24. The molecule has 1 fully saturated rings. The number of carboxylic acid groups (broad SMARTS) is 1. The summed E-state index contributed by atoms with van der Waals surface area (Å²) in [6.45, 7) is 3.53. The highest BCUT2D eigenvalue weighted by atomic mass is 32.2. The number of carbonyl (C=O) groups is 4. The number of hydrogen-bond acceptors (Lipinski definition) is 6. The van der Waals surface area contributed by atoms with Crippen molar-refractivity contribution in [2.24, 2.45) is 0 Å². The quantitative estimate of drug-likeness (QED) is 0.733. The number of aliphatic carboxylic acids is 1. The number of rotatable bonds is 6. The van der Waals surface area contributed by atoms with Crippen LogP contribution in [0.5, 0.6) is 0 Å². The highest BCUT2D eigenvalue weighted by Crippen LogP contribution is 2.24. The zero-order valence-electron chi connectivity index (χ0n) is 13.4. The molecule has 1 aliphatic heterocycles.